The molecule has 112 valence electrons. The zero-order valence-corrected chi connectivity index (χ0v) is 12.3. The highest BCUT2D eigenvalue weighted by atomic mass is 16.4. The predicted molar refractivity (Wildman–Crippen MR) is 79.2 cm³/mol. The number of hydrogen-bond donors (Lipinski definition) is 2. The summed E-state index contributed by atoms with van der Waals surface area (Å²) in [6, 6.07) is 0. The monoisotopic (exact) mass is 269 g/mol. The predicted octanol–water partition coefficient (Wildman–Crippen LogP) is 4.24. The maximum Gasteiger partial charge on any atom is 0.323 e. The lowest BCUT2D eigenvalue weighted by molar-refractivity contribution is -0.144. The van der Waals surface area contributed by atoms with Gasteiger partial charge in [0.15, 0.2) is 0 Å². The molecule has 3 heteroatoms. The third-order valence-corrected chi connectivity index (χ3v) is 4.42. The second kappa shape index (κ2) is 9.35. The molecule has 0 aromatic carbocycles. The third kappa shape index (κ3) is 6.95. The Morgan fingerprint density at radius 1 is 0.684 bits per heavy atom. The zero-order valence-electron chi connectivity index (χ0n) is 12.3. The van der Waals surface area contributed by atoms with E-state index in [-0.39, 0.29) is 0 Å². The lowest BCUT2D eigenvalue weighted by atomic mass is 9.87. The molecule has 0 saturated heterocycles. The molecule has 1 saturated carbocycles. The fourth-order valence-electron chi connectivity index (χ4n) is 2.99. The van der Waals surface area contributed by atoms with Gasteiger partial charge < -0.3 is 10.8 Å². The van der Waals surface area contributed by atoms with E-state index in [9.17, 15) is 9.90 Å². The minimum Gasteiger partial charge on any atom is -0.480 e. The SMILES string of the molecule is NC1(C(=O)O)CCCCCCCCCCCCCC1. The van der Waals surface area contributed by atoms with Gasteiger partial charge in [-0.05, 0) is 12.8 Å². The second-order valence-electron chi connectivity index (χ2n) is 6.20. The van der Waals surface area contributed by atoms with E-state index in [4.69, 9.17) is 5.73 Å². The van der Waals surface area contributed by atoms with Crippen molar-refractivity contribution in [2.45, 2.75) is 95.4 Å². The minimum absolute atomic E-state index is 0.641. The van der Waals surface area contributed by atoms with Crippen molar-refractivity contribution in [2.24, 2.45) is 5.73 Å². The summed E-state index contributed by atoms with van der Waals surface area (Å²) in [5.41, 5.74) is 5.11. The van der Waals surface area contributed by atoms with E-state index in [2.05, 4.69) is 0 Å². The van der Waals surface area contributed by atoms with Gasteiger partial charge in [0.1, 0.15) is 5.54 Å². The third-order valence-electron chi connectivity index (χ3n) is 4.42. The summed E-state index contributed by atoms with van der Waals surface area (Å²) < 4.78 is 0. The second-order valence-corrected chi connectivity index (χ2v) is 6.20. The van der Waals surface area contributed by atoms with Crippen LogP contribution in [-0.2, 0) is 4.79 Å². The molecule has 0 radical (unpaired) electrons. The number of hydrogen-bond acceptors (Lipinski definition) is 2. The maximum atomic E-state index is 11.3. The van der Waals surface area contributed by atoms with Crippen molar-refractivity contribution >= 4 is 5.97 Å². The standard InChI is InChI=1S/C16H31NO2/c17-16(15(18)19)13-11-9-7-5-3-1-2-4-6-8-10-12-14-16/h1-14,17H2,(H,18,19). The summed E-state index contributed by atoms with van der Waals surface area (Å²) in [7, 11) is 0. The molecule has 0 aromatic heterocycles. The van der Waals surface area contributed by atoms with E-state index in [1.807, 2.05) is 0 Å². The van der Waals surface area contributed by atoms with E-state index in [0.29, 0.717) is 12.8 Å². The van der Waals surface area contributed by atoms with Crippen molar-refractivity contribution in [3.8, 4) is 0 Å². The first-order valence-electron chi connectivity index (χ1n) is 8.17. The molecule has 3 N–H and O–H groups in total. The van der Waals surface area contributed by atoms with Gasteiger partial charge in [-0.1, -0.05) is 77.0 Å². The molecular formula is C16H31NO2. The molecule has 0 amide bonds. The number of carboxylic acids is 1. The van der Waals surface area contributed by atoms with Crippen molar-refractivity contribution in [2.75, 3.05) is 0 Å². The van der Waals surface area contributed by atoms with E-state index < -0.39 is 11.5 Å². The van der Waals surface area contributed by atoms with Gasteiger partial charge in [-0.2, -0.15) is 0 Å². The fourth-order valence-corrected chi connectivity index (χ4v) is 2.99. The molecule has 3 nitrogen and oxygen atoms in total. The highest BCUT2D eigenvalue weighted by Crippen LogP contribution is 2.22. The molecule has 0 heterocycles. The topological polar surface area (TPSA) is 63.3 Å². The average molecular weight is 269 g/mol. The van der Waals surface area contributed by atoms with Crippen LogP contribution in [0.25, 0.3) is 0 Å². The highest BCUT2D eigenvalue weighted by Gasteiger charge is 2.32. The van der Waals surface area contributed by atoms with Crippen LogP contribution < -0.4 is 5.73 Å². The smallest absolute Gasteiger partial charge is 0.323 e. The van der Waals surface area contributed by atoms with Crippen molar-refractivity contribution in [3.63, 3.8) is 0 Å². The van der Waals surface area contributed by atoms with Gasteiger partial charge in [-0.15, -0.1) is 0 Å². The van der Waals surface area contributed by atoms with Gasteiger partial charge in [-0.25, -0.2) is 0 Å². The van der Waals surface area contributed by atoms with Crippen LogP contribution in [0.3, 0.4) is 0 Å². The summed E-state index contributed by atoms with van der Waals surface area (Å²) in [6.07, 6.45) is 15.9. The Morgan fingerprint density at radius 3 is 1.21 bits per heavy atom. The van der Waals surface area contributed by atoms with Crippen LogP contribution in [0.15, 0.2) is 0 Å². The van der Waals surface area contributed by atoms with Crippen LogP contribution in [0, 0.1) is 0 Å². The Balaban J connectivity index is 2.40. The molecule has 1 rings (SSSR count). The summed E-state index contributed by atoms with van der Waals surface area (Å²) >= 11 is 0. The first-order chi connectivity index (χ1) is 9.15. The Kier molecular flexibility index (Phi) is 8.11. The molecule has 1 aliphatic carbocycles. The Bertz CT molecular complexity index is 237. The quantitative estimate of drug-likeness (QED) is 0.748. The fraction of sp³-hybridized carbons (Fsp3) is 0.938. The molecule has 0 aromatic rings. The van der Waals surface area contributed by atoms with Crippen LogP contribution in [0.5, 0.6) is 0 Å². The Hall–Kier alpha value is -0.570. The molecule has 0 spiro atoms. The lowest BCUT2D eigenvalue weighted by Crippen LogP contribution is -2.47. The summed E-state index contributed by atoms with van der Waals surface area (Å²) in [6.45, 7) is 0. The first kappa shape index (κ1) is 16.5. The number of carbonyl (C=O) groups is 1. The molecule has 19 heavy (non-hydrogen) atoms. The lowest BCUT2D eigenvalue weighted by Gasteiger charge is -2.24. The number of nitrogens with two attached hydrogens (primary N) is 1. The largest absolute Gasteiger partial charge is 0.480 e. The maximum absolute atomic E-state index is 11.3. The molecule has 1 aliphatic rings. The van der Waals surface area contributed by atoms with Crippen LogP contribution in [-0.4, -0.2) is 16.6 Å². The highest BCUT2D eigenvalue weighted by molar-refractivity contribution is 5.78. The van der Waals surface area contributed by atoms with Crippen molar-refractivity contribution in [1.29, 1.82) is 0 Å². The molecule has 0 atom stereocenters. The van der Waals surface area contributed by atoms with Gasteiger partial charge in [0.05, 0.1) is 0 Å². The van der Waals surface area contributed by atoms with Gasteiger partial charge in [0.25, 0.3) is 0 Å². The van der Waals surface area contributed by atoms with Crippen molar-refractivity contribution in [1.82, 2.24) is 0 Å². The summed E-state index contributed by atoms with van der Waals surface area (Å²) in [4.78, 5) is 11.3. The Morgan fingerprint density at radius 2 is 0.947 bits per heavy atom. The minimum atomic E-state index is -0.972. The normalized spacial score (nSPS) is 24.1. The zero-order chi connectivity index (χ0) is 14.0. The Labute approximate surface area is 118 Å². The number of aliphatic carboxylic acids is 1. The number of carboxylic acid groups (broad SMARTS) is 1. The summed E-state index contributed by atoms with van der Waals surface area (Å²) in [5, 5.41) is 9.32. The van der Waals surface area contributed by atoms with Crippen LogP contribution in [0.4, 0.5) is 0 Å². The van der Waals surface area contributed by atoms with Crippen molar-refractivity contribution in [3.05, 3.63) is 0 Å². The van der Waals surface area contributed by atoms with Gasteiger partial charge in [0.2, 0.25) is 0 Å². The molecular weight excluding hydrogens is 238 g/mol. The molecule has 0 unspecified atom stereocenters. The van der Waals surface area contributed by atoms with E-state index in [0.717, 1.165) is 25.7 Å². The van der Waals surface area contributed by atoms with Crippen LogP contribution >= 0.6 is 0 Å². The van der Waals surface area contributed by atoms with Crippen LogP contribution in [0.2, 0.25) is 0 Å². The van der Waals surface area contributed by atoms with E-state index in [1.165, 1.54) is 51.4 Å². The number of rotatable bonds is 1. The van der Waals surface area contributed by atoms with E-state index >= 15 is 0 Å². The molecule has 0 bridgehead atoms. The molecule has 1 fully saturated rings. The van der Waals surface area contributed by atoms with Gasteiger partial charge in [-0.3, -0.25) is 4.79 Å². The van der Waals surface area contributed by atoms with Gasteiger partial charge in [0, 0.05) is 0 Å². The van der Waals surface area contributed by atoms with Gasteiger partial charge >= 0.3 is 5.97 Å². The van der Waals surface area contributed by atoms with Crippen molar-refractivity contribution < 1.29 is 9.90 Å². The molecule has 0 aliphatic heterocycles. The average Bonchev–Trinajstić information content (AvgIpc) is 2.39. The first-order valence-corrected chi connectivity index (χ1v) is 8.17. The van der Waals surface area contributed by atoms with Crippen LogP contribution in [0.1, 0.15) is 89.9 Å². The summed E-state index contributed by atoms with van der Waals surface area (Å²) in [5.74, 6) is -0.809. The van der Waals surface area contributed by atoms with E-state index in [1.54, 1.807) is 0 Å².